The number of hydrogen-bond donors (Lipinski definition) is 1. The van der Waals surface area contributed by atoms with Gasteiger partial charge in [-0.2, -0.15) is 0 Å². The normalized spacial score (nSPS) is 22.6. The molecule has 0 spiro atoms. The van der Waals surface area contributed by atoms with Crippen molar-refractivity contribution in [2.75, 3.05) is 13.2 Å². The molecule has 3 heteroatoms. The number of benzene rings is 1. The molecule has 1 fully saturated rings. The van der Waals surface area contributed by atoms with Crippen LogP contribution in [0.3, 0.4) is 0 Å². The van der Waals surface area contributed by atoms with Crippen LogP contribution in [0.2, 0.25) is 0 Å². The van der Waals surface area contributed by atoms with Gasteiger partial charge in [0.15, 0.2) is 5.78 Å². The van der Waals surface area contributed by atoms with Crippen molar-refractivity contribution in [1.82, 2.24) is 0 Å². The number of ether oxygens (including phenoxy) is 1. The first-order chi connectivity index (χ1) is 13.5. The lowest BCUT2D eigenvalue weighted by Crippen LogP contribution is -2.31. The molecular weight excluding hydrogens is 348 g/mol. The average Bonchev–Trinajstić information content (AvgIpc) is 2.73. The van der Waals surface area contributed by atoms with Crippen molar-refractivity contribution in [3.63, 3.8) is 0 Å². The van der Waals surface area contributed by atoms with Crippen LogP contribution in [0.25, 0.3) is 5.57 Å². The highest BCUT2D eigenvalue weighted by molar-refractivity contribution is 6.22. The summed E-state index contributed by atoms with van der Waals surface area (Å²) in [6.45, 7) is 10.4. The van der Waals surface area contributed by atoms with Gasteiger partial charge in [0, 0.05) is 26.1 Å². The van der Waals surface area contributed by atoms with Crippen LogP contribution < -0.4 is 0 Å². The van der Waals surface area contributed by atoms with Crippen molar-refractivity contribution in [2.45, 2.75) is 72.6 Å². The minimum atomic E-state index is 0.126. The standard InChI is InChI=1S/C25H36O3/c1-5-17-12-18(6-2)24(19(7-3)13-17)25-22(26)14-21(15-23(25)27)16(4)20-8-10-28-11-9-20/h12-13,16,20-21,26H,5-11,14-15H2,1-4H3. The van der Waals surface area contributed by atoms with E-state index < -0.39 is 0 Å². The first kappa shape index (κ1) is 21.1. The summed E-state index contributed by atoms with van der Waals surface area (Å²) in [5.74, 6) is 1.72. The maximum absolute atomic E-state index is 13.3. The molecule has 3 rings (SSSR count). The molecule has 1 aliphatic heterocycles. The van der Waals surface area contributed by atoms with Crippen LogP contribution in [0.15, 0.2) is 17.9 Å². The molecule has 2 unspecified atom stereocenters. The highest BCUT2D eigenvalue weighted by Crippen LogP contribution is 2.41. The van der Waals surface area contributed by atoms with Crippen molar-refractivity contribution in [2.24, 2.45) is 17.8 Å². The molecule has 1 saturated heterocycles. The number of aryl methyl sites for hydroxylation is 3. The van der Waals surface area contributed by atoms with E-state index >= 15 is 0 Å². The zero-order valence-electron chi connectivity index (χ0n) is 18.0. The van der Waals surface area contributed by atoms with Gasteiger partial charge in [-0.15, -0.1) is 0 Å². The van der Waals surface area contributed by atoms with Crippen molar-refractivity contribution in [3.8, 4) is 0 Å². The first-order valence-corrected chi connectivity index (χ1v) is 11.2. The summed E-state index contributed by atoms with van der Waals surface area (Å²) in [6.07, 6.45) is 6.07. The summed E-state index contributed by atoms with van der Waals surface area (Å²) in [5, 5.41) is 11.0. The van der Waals surface area contributed by atoms with Crippen molar-refractivity contribution in [1.29, 1.82) is 0 Å². The summed E-state index contributed by atoms with van der Waals surface area (Å²) in [6, 6.07) is 4.44. The molecular formula is C25H36O3. The van der Waals surface area contributed by atoms with Gasteiger partial charge >= 0.3 is 0 Å². The zero-order valence-corrected chi connectivity index (χ0v) is 18.0. The Balaban J connectivity index is 1.94. The molecule has 1 aromatic rings. The molecule has 28 heavy (non-hydrogen) atoms. The minimum absolute atomic E-state index is 0.126. The molecule has 3 nitrogen and oxygen atoms in total. The van der Waals surface area contributed by atoms with E-state index in [9.17, 15) is 9.90 Å². The molecule has 2 atom stereocenters. The number of Topliss-reactive ketones (excluding diaryl/α,β-unsaturated/α-hetero) is 1. The van der Waals surface area contributed by atoms with Gasteiger partial charge in [-0.1, -0.05) is 39.8 Å². The molecule has 2 aliphatic rings. The Labute approximate surface area is 170 Å². The number of hydrogen-bond acceptors (Lipinski definition) is 3. The van der Waals surface area contributed by atoms with Gasteiger partial charge in [-0.3, -0.25) is 4.79 Å². The number of aliphatic hydroxyl groups excluding tert-OH is 1. The van der Waals surface area contributed by atoms with Crippen LogP contribution in [0, 0.1) is 17.8 Å². The van der Waals surface area contributed by atoms with E-state index in [1.54, 1.807) is 0 Å². The Morgan fingerprint density at radius 1 is 1.00 bits per heavy atom. The van der Waals surface area contributed by atoms with E-state index in [2.05, 4.69) is 39.8 Å². The fraction of sp³-hybridized carbons (Fsp3) is 0.640. The average molecular weight is 385 g/mol. The highest BCUT2D eigenvalue weighted by Gasteiger charge is 2.36. The third-order valence-corrected chi connectivity index (χ3v) is 7.01. The number of aliphatic hydroxyl groups is 1. The molecule has 154 valence electrons. The molecule has 1 heterocycles. The van der Waals surface area contributed by atoms with Crippen LogP contribution in [0.4, 0.5) is 0 Å². The Kier molecular flexibility index (Phi) is 6.98. The molecule has 0 bridgehead atoms. The van der Waals surface area contributed by atoms with Gasteiger partial charge in [0.05, 0.1) is 5.57 Å². The number of rotatable bonds is 6. The van der Waals surface area contributed by atoms with Crippen molar-refractivity contribution in [3.05, 3.63) is 40.1 Å². The maximum Gasteiger partial charge on any atom is 0.167 e. The third-order valence-electron chi connectivity index (χ3n) is 7.01. The minimum Gasteiger partial charge on any atom is -0.512 e. The van der Waals surface area contributed by atoms with E-state index in [1.807, 2.05) is 0 Å². The lowest BCUT2D eigenvalue weighted by Gasteiger charge is -2.35. The lowest BCUT2D eigenvalue weighted by atomic mass is 9.71. The first-order valence-electron chi connectivity index (χ1n) is 11.2. The number of allylic oxidation sites excluding steroid dienone is 2. The second-order valence-corrected chi connectivity index (χ2v) is 8.57. The van der Waals surface area contributed by atoms with Crippen molar-refractivity contribution < 1.29 is 14.6 Å². The van der Waals surface area contributed by atoms with Gasteiger partial charge in [-0.05, 0) is 72.1 Å². The summed E-state index contributed by atoms with van der Waals surface area (Å²) >= 11 is 0. The van der Waals surface area contributed by atoms with Crippen LogP contribution in [0.1, 0.15) is 75.6 Å². The van der Waals surface area contributed by atoms with Gasteiger partial charge in [0.2, 0.25) is 0 Å². The number of carbonyl (C=O) groups is 1. The van der Waals surface area contributed by atoms with Crippen LogP contribution in [-0.2, 0) is 28.8 Å². The van der Waals surface area contributed by atoms with Crippen molar-refractivity contribution >= 4 is 11.4 Å². The summed E-state index contributed by atoms with van der Waals surface area (Å²) in [5.41, 5.74) is 5.32. The molecule has 0 aromatic heterocycles. The zero-order chi connectivity index (χ0) is 20.3. The Morgan fingerprint density at radius 3 is 2.11 bits per heavy atom. The van der Waals surface area contributed by atoms with E-state index in [4.69, 9.17) is 4.74 Å². The second kappa shape index (κ2) is 9.26. The van der Waals surface area contributed by atoms with E-state index in [0.717, 1.165) is 50.9 Å². The molecule has 0 radical (unpaired) electrons. The molecule has 0 amide bonds. The fourth-order valence-electron chi connectivity index (χ4n) is 5.13. The predicted molar refractivity (Wildman–Crippen MR) is 115 cm³/mol. The summed E-state index contributed by atoms with van der Waals surface area (Å²) < 4.78 is 5.50. The molecule has 1 N–H and O–H groups in total. The van der Waals surface area contributed by atoms with Crippen LogP contribution in [0.5, 0.6) is 0 Å². The SMILES string of the molecule is CCc1cc(CC)c(C2=C(O)CC(C(C)C3CCOCC3)CC2=O)c(CC)c1. The Bertz CT molecular complexity index is 715. The topological polar surface area (TPSA) is 46.5 Å². The Morgan fingerprint density at radius 2 is 1.61 bits per heavy atom. The quantitative estimate of drug-likeness (QED) is 0.686. The largest absolute Gasteiger partial charge is 0.512 e. The lowest BCUT2D eigenvalue weighted by molar-refractivity contribution is -0.116. The third kappa shape index (κ3) is 4.20. The van der Waals surface area contributed by atoms with Crippen LogP contribution in [-0.4, -0.2) is 24.1 Å². The van der Waals surface area contributed by atoms with Gasteiger partial charge in [0.25, 0.3) is 0 Å². The van der Waals surface area contributed by atoms with E-state index in [0.29, 0.717) is 36.0 Å². The van der Waals surface area contributed by atoms with Gasteiger partial charge < -0.3 is 9.84 Å². The summed E-state index contributed by atoms with van der Waals surface area (Å²) in [7, 11) is 0. The number of ketones is 1. The van der Waals surface area contributed by atoms with Gasteiger partial charge in [-0.25, -0.2) is 0 Å². The van der Waals surface area contributed by atoms with Gasteiger partial charge in [0.1, 0.15) is 5.76 Å². The monoisotopic (exact) mass is 384 g/mol. The maximum atomic E-state index is 13.3. The molecule has 0 saturated carbocycles. The summed E-state index contributed by atoms with van der Waals surface area (Å²) in [4.78, 5) is 13.3. The molecule has 1 aliphatic carbocycles. The molecule has 1 aromatic carbocycles. The van der Waals surface area contributed by atoms with Crippen LogP contribution >= 0.6 is 0 Å². The predicted octanol–water partition coefficient (Wildman–Crippen LogP) is 5.68. The second-order valence-electron chi connectivity index (χ2n) is 8.57. The highest BCUT2D eigenvalue weighted by atomic mass is 16.5. The fourth-order valence-corrected chi connectivity index (χ4v) is 5.13. The van der Waals surface area contributed by atoms with E-state index in [-0.39, 0.29) is 11.7 Å². The smallest absolute Gasteiger partial charge is 0.167 e. The Hall–Kier alpha value is -1.61. The van der Waals surface area contributed by atoms with E-state index in [1.165, 1.54) is 16.7 Å². The number of carbonyl (C=O) groups excluding carboxylic acids is 1.